The van der Waals surface area contributed by atoms with E-state index in [1.54, 1.807) is 0 Å². The third-order valence-electron chi connectivity index (χ3n) is 2.90. The maximum Gasteiger partial charge on any atom is 0.314 e. The summed E-state index contributed by atoms with van der Waals surface area (Å²) in [5, 5.41) is 14.2. The van der Waals surface area contributed by atoms with Crippen LogP contribution in [-0.4, -0.2) is 42.2 Å². The molecule has 1 unspecified atom stereocenters. The number of hydrogen-bond acceptors (Lipinski definition) is 3. The van der Waals surface area contributed by atoms with Crippen LogP contribution in [0.2, 0.25) is 0 Å². The molecule has 112 valence electrons. The van der Waals surface area contributed by atoms with E-state index in [4.69, 9.17) is 5.11 Å². The first-order valence-corrected chi connectivity index (χ1v) is 8.22. The highest BCUT2D eigenvalue weighted by atomic mass is 32.2. The molecule has 0 heterocycles. The minimum atomic E-state index is -0.817. The van der Waals surface area contributed by atoms with Gasteiger partial charge in [0.1, 0.15) is 0 Å². The summed E-state index contributed by atoms with van der Waals surface area (Å²) < 4.78 is 0. The minimum Gasteiger partial charge on any atom is -0.481 e. The molecule has 6 heteroatoms. The van der Waals surface area contributed by atoms with Gasteiger partial charge in [-0.3, -0.25) is 4.79 Å². The van der Waals surface area contributed by atoms with Gasteiger partial charge >= 0.3 is 12.0 Å². The Morgan fingerprint density at radius 2 is 1.95 bits per heavy atom. The smallest absolute Gasteiger partial charge is 0.314 e. The zero-order valence-electron chi connectivity index (χ0n) is 11.9. The largest absolute Gasteiger partial charge is 0.481 e. The number of carboxylic acids is 1. The molecule has 0 bridgehead atoms. The van der Waals surface area contributed by atoms with E-state index in [0.29, 0.717) is 13.1 Å². The molecule has 0 fully saturated rings. The summed E-state index contributed by atoms with van der Waals surface area (Å²) in [5.74, 6) is 0.354. The fourth-order valence-corrected chi connectivity index (χ4v) is 2.15. The Morgan fingerprint density at radius 3 is 2.53 bits per heavy atom. The number of carbonyl (C=O) groups excluding carboxylic acids is 1. The number of hydrogen-bond donors (Lipinski definition) is 3. The predicted molar refractivity (Wildman–Crippen MR) is 79.7 cm³/mol. The maximum absolute atomic E-state index is 11.5. The molecule has 0 aliphatic carbocycles. The Kier molecular flexibility index (Phi) is 11.6. The van der Waals surface area contributed by atoms with E-state index in [9.17, 15) is 9.59 Å². The quantitative estimate of drug-likeness (QED) is 0.510. The van der Waals surface area contributed by atoms with Gasteiger partial charge in [0, 0.05) is 19.5 Å². The Hall–Kier alpha value is -0.910. The summed E-state index contributed by atoms with van der Waals surface area (Å²) >= 11 is 1.84. The number of unbranched alkanes of at least 4 members (excludes halogenated alkanes) is 2. The molecule has 5 nitrogen and oxygen atoms in total. The van der Waals surface area contributed by atoms with Gasteiger partial charge in [-0.1, -0.05) is 19.8 Å². The van der Waals surface area contributed by atoms with Crippen LogP contribution in [0, 0.1) is 5.92 Å². The standard InChI is InChI=1S/C13H26N2O3S/c1-3-11(9-12(16)17)10-15-13(18)14-7-5-4-6-8-19-2/h11H,3-10H2,1-2H3,(H,16,17)(H2,14,15,18). The summed E-state index contributed by atoms with van der Waals surface area (Å²) in [6, 6.07) is -0.200. The topological polar surface area (TPSA) is 78.4 Å². The zero-order valence-corrected chi connectivity index (χ0v) is 12.7. The normalized spacial score (nSPS) is 11.9. The summed E-state index contributed by atoms with van der Waals surface area (Å²) in [5.41, 5.74) is 0. The fourth-order valence-electron chi connectivity index (χ4n) is 1.66. The lowest BCUT2D eigenvalue weighted by Crippen LogP contribution is -2.39. The minimum absolute atomic E-state index is 0.00447. The van der Waals surface area contributed by atoms with E-state index >= 15 is 0 Å². The Labute approximate surface area is 119 Å². The molecule has 19 heavy (non-hydrogen) atoms. The molecule has 0 aliphatic heterocycles. The summed E-state index contributed by atoms with van der Waals surface area (Å²) in [4.78, 5) is 22.0. The molecule has 3 N–H and O–H groups in total. The highest BCUT2D eigenvalue weighted by Gasteiger charge is 2.12. The number of urea groups is 1. The SMILES string of the molecule is CCC(CNC(=O)NCCCCCSC)CC(=O)O. The molecule has 0 aliphatic rings. The van der Waals surface area contributed by atoms with Gasteiger partial charge in [-0.2, -0.15) is 11.8 Å². The molecule has 0 aromatic carbocycles. The van der Waals surface area contributed by atoms with Crippen LogP contribution in [0.25, 0.3) is 0 Å². The van der Waals surface area contributed by atoms with E-state index in [1.165, 1.54) is 12.2 Å². The number of nitrogens with one attached hydrogen (secondary N) is 2. The first-order chi connectivity index (χ1) is 9.10. The Bertz CT molecular complexity index is 262. The molecule has 0 rings (SSSR count). The van der Waals surface area contributed by atoms with Gasteiger partial charge in [-0.25, -0.2) is 4.79 Å². The lowest BCUT2D eigenvalue weighted by Gasteiger charge is -2.14. The lowest BCUT2D eigenvalue weighted by molar-refractivity contribution is -0.138. The molecule has 0 spiro atoms. The van der Waals surface area contributed by atoms with Crippen molar-refractivity contribution < 1.29 is 14.7 Å². The zero-order chi connectivity index (χ0) is 14.5. The van der Waals surface area contributed by atoms with Crippen molar-refractivity contribution in [3.05, 3.63) is 0 Å². The predicted octanol–water partition coefficient (Wildman–Crippen LogP) is 2.32. The van der Waals surface area contributed by atoms with E-state index < -0.39 is 5.97 Å². The number of aliphatic carboxylic acids is 1. The second kappa shape index (κ2) is 12.1. The van der Waals surface area contributed by atoms with Gasteiger partial charge in [-0.05, 0) is 30.8 Å². The van der Waals surface area contributed by atoms with Gasteiger partial charge in [0.15, 0.2) is 0 Å². The van der Waals surface area contributed by atoms with Crippen molar-refractivity contribution >= 4 is 23.8 Å². The molecule has 0 aromatic rings. The number of thioether (sulfide) groups is 1. The van der Waals surface area contributed by atoms with Gasteiger partial charge in [0.05, 0.1) is 0 Å². The van der Waals surface area contributed by atoms with Crippen molar-refractivity contribution in [3.8, 4) is 0 Å². The van der Waals surface area contributed by atoms with Crippen LogP contribution >= 0.6 is 11.8 Å². The molecule has 0 saturated carbocycles. The van der Waals surface area contributed by atoms with Gasteiger partial charge in [-0.15, -0.1) is 0 Å². The van der Waals surface area contributed by atoms with Gasteiger partial charge < -0.3 is 15.7 Å². The number of carbonyl (C=O) groups is 2. The first kappa shape index (κ1) is 18.1. The second-order valence-electron chi connectivity index (χ2n) is 4.56. The van der Waals surface area contributed by atoms with Crippen molar-refractivity contribution in [1.29, 1.82) is 0 Å². The van der Waals surface area contributed by atoms with E-state index in [2.05, 4.69) is 16.9 Å². The van der Waals surface area contributed by atoms with Gasteiger partial charge in [0.2, 0.25) is 0 Å². The lowest BCUT2D eigenvalue weighted by atomic mass is 10.0. The third-order valence-corrected chi connectivity index (χ3v) is 3.60. The van der Waals surface area contributed by atoms with Crippen molar-refractivity contribution in [2.24, 2.45) is 5.92 Å². The van der Waals surface area contributed by atoms with E-state index in [0.717, 1.165) is 19.3 Å². The van der Waals surface area contributed by atoms with E-state index in [-0.39, 0.29) is 18.4 Å². The molecule has 1 atom stereocenters. The summed E-state index contributed by atoms with van der Waals surface area (Å²) in [7, 11) is 0. The fraction of sp³-hybridized carbons (Fsp3) is 0.846. The number of rotatable bonds is 11. The Morgan fingerprint density at radius 1 is 1.21 bits per heavy atom. The van der Waals surface area contributed by atoms with Crippen LogP contribution in [0.1, 0.15) is 39.0 Å². The van der Waals surface area contributed by atoms with E-state index in [1.807, 2.05) is 18.7 Å². The summed E-state index contributed by atoms with van der Waals surface area (Å²) in [6.07, 6.45) is 6.23. The molecule has 0 aromatic heterocycles. The average molecular weight is 290 g/mol. The summed E-state index contributed by atoms with van der Waals surface area (Å²) in [6.45, 7) is 3.02. The second-order valence-corrected chi connectivity index (χ2v) is 5.55. The monoisotopic (exact) mass is 290 g/mol. The van der Waals surface area contributed by atoms with Crippen LogP contribution in [0.3, 0.4) is 0 Å². The molecular formula is C13H26N2O3S. The van der Waals surface area contributed by atoms with Crippen LogP contribution in [-0.2, 0) is 4.79 Å². The third kappa shape index (κ3) is 11.9. The van der Waals surface area contributed by atoms with Crippen LogP contribution in [0.4, 0.5) is 4.79 Å². The first-order valence-electron chi connectivity index (χ1n) is 6.82. The van der Waals surface area contributed by atoms with Crippen molar-refractivity contribution in [2.75, 3.05) is 25.1 Å². The highest BCUT2D eigenvalue weighted by molar-refractivity contribution is 7.98. The van der Waals surface area contributed by atoms with Crippen molar-refractivity contribution in [2.45, 2.75) is 39.0 Å². The average Bonchev–Trinajstić information content (AvgIpc) is 2.38. The molecular weight excluding hydrogens is 264 g/mol. The van der Waals surface area contributed by atoms with Crippen molar-refractivity contribution in [3.63, 3.8) is 0 Å². The molecule has 0 radical (unpaired) electrons. The molecule has 0 saturated heterocycles. The molecule has 2 amide bonds. The van der Waals surface area contributed by atoms with Crippen LogP contribution < -0.4 is 10.6 Å². The van der Waals surface area contributed by atoms with Gasteiger partial charge in [0.25, 0.3) is 0 Å². The Balaban J connectivity index is 3.54. The van der Waals surface area contributed by atoms with Crippen LogP contribution in [0.15, 0.2) is 0 Å². The maximum atomic E-state index is 11.5. The highest BCUT2D eigenvalue weighted by Crippen LogP contribution is 2.06. The van der Waals surface area contributed by atoms with Crippen molar-refractivity contribution in [1.82, 2.24) is 10.6 Å². The van der Waals surface area contributed by atoms with Crippen LogP contribution in [0.5, 0.6) is 0 Å². The number of carboxylic acid groups (broad SMARTS) is 1. The number of amides is 2.